The van der Waals surface area contributed by atoms with Crippen LogP contribution < -0.4 is 10.9 Å². The summed E-state index contributed by atoms with van der Waals surface area (Å²) in [6.07, 6.45) is 5.68. The van der Waals surface area contributed by atoms with Gasteiger partial charge in [-0.15, -0.1) is 0 Å². The van der Waals surface area contributed by atoms with Crippen molar-refractivity contribution in [2.45, 2.75) is 38.4 Å². The summed E-state index contributed by atoms with van der Waals surface area (Å²) in [5, 5.41) is 3.17. The van der Waals surface area contributed by atoms with Crippen LogP contribution in [0, 0.1) is 0 Å². The van der Waals surface area contributed by atoms with Gasteiger partial charge in [0.25, 0.3) is 5.56 Å². The zero-order valence-corrected chi connectivity index (χ0v) is 18.0. The number of pyridine rings is 1. The smallest absolute Gasteiger partial charge is 0.276 e. The van der Waals surface area contributed by atoms with Crippen LogP contribution in [0.3, 0.4) is 0 Å². The number of carbonyl (C=O) groups is 1. The van der Waals surface area contributed by atoms with Crippen LogP contribution in [-0.4, -0.2) is 43.9 Å². The van der Waals surface area contributed by atoms with Crippen molar-refractivity contribution in [3.8, 4) is 0 Å². The first-order chi connectivity index (χ1) is 15.7. The van der Waals surface area contributed by atoms with E-state index >= 15 is 0 Å². The number of nitrogens with zero attached hydrogens (tertiary/aromatic N) is 4. The third kappa shape index (κ3) is 4.16. The van der Waals surface area contributed by atoms with E-state index in [9.17, 15) is 9.59 Å². The van der Waals surface area contributed by atoms with Crippen LogP contribution in [0.2, 0.25) is 0 Å². The summed E-state index contributed by atoms with van der Waals surface area (Å²) >= 11 is 0. The number of hydrogen-bond donors (Lipinski definition) is 1. The summed E-state index contributed by atoms with van der Waals surface area (Å²) in [6.45, 7) is 3.21. The Morgan fingerprint density at radius 3 is 2.59 bits per heavy atom. The summed E-state index contributed by atoms with van der Waals surface area (Å²) in [4.78, 5) is 32.5. The number of amides is 1. The van der Waals surface area contributed by atoms with Gasteiger partial charge in [-0.25, -0.2) is 4.98 Å². The molecular formula is C25H27N5O2. The minimum atomic E-state index is -0.122. The standard InChI is InChI=1S/C25H27N5O2/c31-23(27-20-10-15-28(16-11-20)18-19-6-2-1-3-7-19)12-17-30-24-21(8-4-13-26-24)29-14-5-9-22(29)25(30)32/h1-9,13-14,20H,10-12,15-18H2,(H,27,31). The highest BCUT2D eigenvalue weighted by Gasteiger charge is 2.21. The van der Waals surface area contributed by atoms with Crippen molar-refractivity contribution in [3.63, 3.8) is 0 Å². The third-order valence-corrected chi connectivity index (χ3v) is 6.26. The van der Waals surface area contributed by atoms with Crippen molar-refractivity contribution in [1.82, 2.24) is 24.2 Å². The molecule has 0 radical (unpaired) electrons. The van der Waals surface area contributed by atoms with E-state index in [1.807, 2.05) is 34.9 Å². The monoisotopic (exact) mass is 429 g/mol. The quantitative estimate of drug-likeness (QED) is 0.512. The Balaban J connectivity index is 1.19. The van der Waals surface area contributed by atoms with Crippen LogP contribution in [0.4, 0.5) is 0 Å². The third-order valence-electron chi connectivity index (χ3n) is 6.26. The number of rotatable bonds is 6. The van der Waals surface area contributed by atoms with Crippen molar-refractivity contribution in [2.24, 2.45) is 0 Å². The van der Waals surface area contributed by atoms with Crippen molar-refractivity contribution >= 4 is 22.6 Å². The zero-order chi connectivity index (χ0) is 21.9. The van der Waals surface area contributed by atoms with Crippen LogP contribution in [-0.2, 0) is 17.9 Å². The number of benzene rings is 1. The SMILES string of the molecule is O=C(CCn1c(=O)c2cccn2c2cccnc21)NC1CCN(Cc2ccccc2)CC1. The van der Waals surface area contributed by atoms with E-state index in [1.165, 1.54) is 5.56 Å². The Hall–Kier alpha value is -3.45. The minimum absolute atomic E-state index is 0.0160. The highest BCUT2D eigenvalue weighted by Crippen LogP contribution is 2.15. The van der Waals surface area contributed by atoms with Crippen LogP contribution in [0.25, 0.3) is 16.7 Å². The van der Waals surface area contributed by atoms with Crippen molar-refractivity contribution in [1.29, 1.82) is 0 Å². The second kappa shape index (κ2) is 8.96. The molecule has 4 heterocycles. The lowest BCUT2D eigenvalue weighted by atomic mass is 10.0. The number of nitrogens with one attached hydrogen (secondary N) is 1. The van der Waals surface area contributed by atoms with E-state index in [0.717, 1.165) is 38.0 Å². The predicted molar refractivity (Wildman–Crippen MR) is 124 cm³/mol. The molecule has 164 valence electrons. The van der Waals surface area contributed by atoms with Crippen LogP contribution >= 0.6 is 0 Å². The number of aryl methyl sites for hydroxylation is 1. The summed E-state index contributed by atoms with van der Waals surface area (Å²) in [5.41, 5.74) is 3.25. The summed E-state index contributed by atoms with van der Waals surface area (Å²) in [7, 11) is 0. The Kier molecular flexibility index (Phi) is 5.73. The molecule has 1 aliphatic rings. The molecule has 1 fully saturated rings. The fraction of sp³-hybridized carbons (Fsp3) is 0.320. The molecule has 4 aromatic rings. The molecule has 1 amide bonds. The van der Waals surface area contributed by atoms with Crippen LogP contribution in [0.1, 0.15) is 24.8 Å². The number of fused-ring (bicyclic) bond motifs is 3. The van der Waals surface area contributed by atoms with Crippen LogP contribution in [0.5, 0.6) is 0 Å². The van der Waals surface area contributed by atoms with E-state index in [0.29, 0.717) is 17.7 Å². The van der Waals surface area contributed by atoms with Crippen LogP contribution in [0.15, 0.2) is 71.8 Å². The first-order valence-corrected chi connectivity index (χ1v) is 11.2. The molecular weight excluding hydrogens is 402 g/mol. The van der Waals surface area contributed by atoms with Crippen molar-refractivity contribution in [3.05, 3.63) is 82.9 Å². The zero-order valence-electron chi connectivity index (χ0n) is 18.0. The van der Waals surface area contributed by atoms with Gasteiger partial charge in [0.2, 0.25) is 5.91 Å². The molecule has 0 saturated carbocycles. The lowest BCUT2D eigenvalue weighted by Crippen LogP contribution is -2.44. The Bertz CT molecular complexity index is 1290. The van der Waals surface area contributed by atoms with Gasteiger partial charge < -0.3 is 9.72 Å². The van der Waals surface area contributed by atoms with Gasteiger partial charge in [-0.05, 0) is 42.7 Å². The Morgan fingerprint density at radius 2 is 1.78 bits per heavy atom. The summed E-state index contributed by atoms with van der Waals surface area (Å²) in [5.74, 6) is -0.0160. The fourth-order valence-corrected chi connectivity index (χ4v) is 4.58. The number of aromatic nitrogens is 3. The average Bonchev–Trinajstić information content (AvgIpc) is 3.32. The average molecular weight is 430 g/mol. The lowest BCUT2D eigenvalue weighted by Gasteiger charge is -2.32. The molecule has 1 N–H and O–H groups in total. The molecule has 0 unspecified atom stereocenters. The molecule has 1 aromatic carbocycles. The van der Waals surface area contributed by atoms with Gasteiger partial charge in [0.1, 0.15) is 5.52 Å². The number of hydrogen-bond acceptors (Lipinski definition) is 4. The highest BCUT2D eigenvalue weighted by molar-refractivity contribution is 5.77. The molecule has 1 saturated heterocycles. The summed E-state index contributed by atoms with van der Waals surface area (Å²) in [6, 6.07) is 18.1. The first-order valence-electron chi connectivity index (χ1n) is 11.2. The topological polar surface area (TPSA) is 71.6 Å². The fourth-order valence-electron chi connectivity index (χ4n) is 4.58. The predicted octanol–water partition coefficient (Wildman–Crippen LogP) is 2.82. The second-order valence-electron chi connectivity index (χ2n) is 8.42. The second-order valence-corrected chi connectivity index (χ2v) is 8.42. The van der Waals surface area contributed by atoms with E-state index < -0.39 is 0 Å². The number of piperidine rings is 1. The number of carbonyl (C=O) groups excluding carboxylic acids is 1. The first kappa shape index (κ1) is 20.5. The van der Waals surface area contributed by atoms with Gasteiger partial charge in [0, 0.05) is 51.0 Å². The normalized spacial score (nSPS) is 15.4. The van der Waals surface area contributed by atoms with E-state index in [4.69, 9.17) is 0 Å². The molecule has 32 heavy (non-hydrogen) atoms. The minimum Gasteiger partial charge on any atom is -0.353 e. The lowest BCUT2D eigenvalue weighted by molar-refractivity contribution is -0.122. The Morgan fingerprint density at radius 1 is 1.00 bits per heavy atom. The molecule has 1 aliphatic heterocycles. The molecule has 0 aliphatic carbocycles. The molecule has 7 heteroatoms. The summed E-state index contributed by atoms with van der Waals surface area (Å²) < 4.78 is 3.47. The van der Waals surface area contributed by atoms with Gasteiger partial charge in [-0.2, -0.15) is 0 Å². The van der Waals surface area contributed by atoms with Gasteiger partial charge in [0.05, 0.1) is 5.52 Å². The molecule has 7 nitrogen and oxygen atoms in total. The maximum Gasteiger partial charge on any atom is 0.276 e. The Labute approximate surface area is 186 Å². The van der Waals surface area contributed by atoms with E-state index in [1.54, 1.807) is 16.8 Å². The van der Waals surface area contributed by atoms with Gasteiger partial charge >= 0.3 is 0 Å². The molecule has 0 bridgehead atoms. The molecule has 0 atom stereocenters. The van der Waals surface area contributed by atoms with Crippen molar-refractivity contribution in [2.75, 3.05) is 13.1 Å². The maximum atomic E-state index is 13.0. The maximum absolute atomic E-state index is 13.0. The molecule has 5 rings (SSSR count). The largest absolute Gasteiger partial charge is 0.353 e. The van der Waals surface area contributed by atoms with E-state index in [2.05, 4.69) is 39.5 Å². The number of likely N-dealkylation sites (tertiary alicyclic amines) is 1. The molecule has 0 spiro atoms. The van der Waals surface area contributed by atoms with Gasteiger partial charge in [-0.1, -0.05) is 30.3 Å². The molecule has 3 aromatic heterocycles. The van der Waals surface area contributed by atoms with Gasteiger partial charge in [0.15, 0.2) is 5.65 Å². The van der Waals surface area contributed by atoms with Crippen molar-refractivity contribution < 1.29 is 4.79 Å². The van der Waals surface area contributed by atoms with Gasteiger partial charge in [-0.3, -0.25) is 19.1 Å². The van der Waals surface area contributed by atoms with E-state index in [-0.39, 0.29) is 23.9 Å². The highest BCUT2D eigenvalue weighted by atomic mass is 16.2.